The lowest BCUT2D eigenvalue weighted by molar-refractivity contribution is -0.177. The molecule has 0 saturated carbocycles. The number of nitrogens with one attached hydrogen (secondary N) is 2. The first-order valence-corrected chi connectivity index (χ1v) is 13.8. The van der Waals surface area contributed by atoms with Crippen LogP contribution < -0.4 is 10.6 Å². The number of hydrogen-bond donors (Lipinski definition) is 4. The number of phenolic OH excluding ortho intramolecular Hbond substituents is 1. The molecule has 2 saturated heterocycles. The number of carbonyl (C=O) groups is 4. The number of aliphatic hydroxyl groups is 1. The summed E-state index contributed by atoms with van der Waals surface area (Å²) >= 11 is 0. The monoisotopic (exact) mass is 643 g/mol. The molecule has 244 valence electrons. The highest BCUT2D eigenvalue weighted by Crippen LogP contribution is 2.28. The predicted molar refractivity (Wildman–Crippen MR) is 143 cm³/mol. The molecule has 2 fully saturated rings. The molecular weight excluding hydrogens is 613 g/mol. The van der Waals surface area contributed by atoms with E-state index in [1.54, 1.807) is 0 Å². The van der Waals surface area contributed by atoms with Crippen molar-refractivity contribution in [1.82, 2.24) is 15.5 Å². The second kappa shape index (κ2) is 13.4. The van der Waals surface area contributed by atoms with Crippen molar-refractivity contribution in [2.45, 2.75) is 63.1 Å². The van der Waals surface area contributed by atoms with Crippen LogP contribution in [0, 0.1) is 35.0 Å². The minimum absolute atomic E-state index is 0.260. The third-order valence-corrected chi connectivity index (χ3v) is 7.95. The van der Waals surface area contributed by atoms with E-state index in [-0.39, 0.29) is 12.2 Å². The molecule has 2 aliphatic heterocycles. The van der Waals surface area contributed by atoms with E-state index in [2.05, 4.69) is 10.6 Å². The molecule has 2 aromatic rings. The number of likely N-dealkylation sites (N-methyl/N-ethyl adjacent to an activating group) is 1. The maximum atomic E-state index is 14.7. The van der Waals surface area contributed by atoms with Crippen molar-refractivity contribution in [3.63, 3.8) is 0 Å². The summed E-state index contributed by atoms with van der Waals surface area (Å²) in [5.74, 6) is -17.5. The van der Waals surface area contributed by atoms with Crippen LogP contribution in [-0.4, -0.2) is 88.9 Å². The van der Waals surface area contributed by atoms with Gasteiger partial charge in [0.05, 0.1) is 29.7 Å². The minimum Gasteiger partial charge on any atom is -0.507 e. The maximum absolute atomic E-state index is 14.7. The average molecular weight is 644 g/mol. The van der Waals surface area contributed by atoms with Gasteiger partial charge in [-0.2, -0.15) is 0 Å². The van der Waals surface area contributed by atoms with Gasteiger partial charge in [-0.1, -0.05) is 19.1 Å². The highest BCUT2D eigenvalue weighted by atomic mass is 19.2. The van der Waals surface area contributed by atoms with Gasteiger partial charge < -0.3 is 35.2 Å². The van der Waals surface area contributed by atoms with Crippen molar-refractivity contribution in [3.8, 4) is 5.75 Å². The second-order valence-corrected chi connectivity index (χ2v) is 10.8. The molecule has 4 N–H and O–H groups in total. The van der Waals surface area contributed by atoms with E-state index in [1.165, 1.54) is 38.2 Å². The first-order valence-electron chi connectivity index (χ1n) is 13.8. The largest absolute Gasteiger partial charge is 0.507 e. The smallest absolute Gasteiger partial charge is 0.331 e. The molecule has 7 atom stereocenters. The lowest BCUT2D eigenvalue weighted by Crippen LogP contribution is -2.62. The van der Waals surface area contributed by atoms with Gasteiger partial charge in [-0.3, -0.25) is 14.4 Å². The fraction of sp³-hybridized carbons (Fsp3) is 0.448. The quantitative estimate of drug-likeness (QED) is 0.165. The Balaban J connectivity index is 1.78. The third-order valence-electron chi connectivity index (χ3n) is 7.95. The van der Waals surface area contributed by atoms with Crippen molar-refractivity contribution >= 4 is 23.7 Å². The summed E-state index contributed by atoms with van der Waals surface area (Å²) < 4.78 is 82.0. The van der Waals surface area contributed by atoms with E-state index in [0.29, 0.717) is 6.42 Å². The summed E-state index contributed by atoms with van der Waals surface area (Å²) in [6, 6.07) is 0.173. The number of ether oxygens (including phenoxy) is 2. The number of amides is 3. The fourth-order valence-corrected chi connectivity index (χ4v) is 5.20. The molecule has 16 heteroatoms. The molecule has 2 heterocycles. The van der Waals surface area contributed by atoms with Crippen molar-refractivity contribution in [2.24, 2.45) is 5.92 Å². The number of halogens is 5. The summed E-state index contributed by atoms with van der Waals surface area (Å²) in [4.78, 5) is 54.4. The standard InChI is InChI=1S/C29H30F5N3O8/c1-11-25(39)15(10-14-18(30)20(32)22(34)21(33)19(14)31)35-27(41)23(36-26(40)13-6-4-5-7-16(13)38)12(2)45-29(43)24(17-8-9-44-17)37(3)28(11)42/h4-7,11-12,15,17,23-25,38-39H,8-10H2,1-3H3,(H,35,41)(H,36,40)/t11-,12-,15+,17?,23+,24?,25+/m1/s1. The number of cyclic esters (lactones) is 1. The van der Waals surface area contributed by atoms with Crippen molar-refractivity contribution in [2.75, 3.05) is 13.7 Å². The highest BCUT2D eigenvalue weighted by Gasteiger charge is 2.46. The number of phenols is 1. The second-order valence-electron chi connectivity index (χ2n) is 10.8. The Labute approximate surface area is 253 Å². The fourth-order valence-electron chi connectivity index (χ4n) is 5.20. The molecule has 3 amide bonds. The van der Waals surface area contributed by atoms with Crippen LogP contribution in [-0.2, 0) is 30.3 Å². The molecule has 0 bridgehead atoms. The number of rotatable bonds is 5. The van der Waals surface area contributed by atoms with Crippen molar-refractivity contribution in [1.29, 1.82) is 0 Å². The number of benzene rings is 2. The number of aliphatic hydroxyl groups excluding tert-OH is 1. The molecule has 11 nitrogen and oxygen atoms in total. The van der Waals surface area contributed by atoms with Crippen molar-refractivity contribution < 1.29 is 60.8 Å². The van der Waals surface area contributed by atoms with Crippen LogP contribution in [0.2, 0.25) is 0 Å². The molecule has 2 aliphatic rings. The summed E-state index contributed by atoms with van der Waals surface area (Å²) in [5, 5.41) is 25.9. The van der Waals surface area contributed by atoms with Crippen LogP contribution in [0.3, 0.4) is 0 Å². The van der Waals surface area contributed by atoms with Gasteiger partial charge in [-0.25, -0.2) is 26.7 Å². The lowest BCUT2D eigenvalue weighted by atomic mass is 9.90. The lowest BCUT2D eigenvalue weighted by Gasteiger charge is -2.41. The number of carbonyl (C=O) groups excluding carboxylic acids is 4. The van der Waals surface area contributed by atoms with Crippen LogP contribution in [0.25, 0.3) is 0 Å². The Morgan fingerprint density at radius 1 is 1.02 bits per heavy atom. The maximum Gasteiger partial charge on any atom is 0.331 e. The van der Waals surface area contributed by atoms with Crippen LogP contribution in [0.1, 0.15) is 36.2 Å². The van der Waals surface area contributed by atoms with Crippen LogP contribution >= 0.6 is 0 Å². The summed E-state index contributed by atoms with van der Waals surface area (Å²) in [5.41, 5.74) is -1.67. The minimum atomic E-state index is -2.42. The average Bonchev–Trinajstić information content (AvgIpc) is 2.98. The summed E-state index contributed by atoms with van der Waals surface area (Å²) in [6.45, 7) is 2.63. The van der Waals surface area contributed by atoms with Gasteiger partial charge in [-0.15, -0.1) is 0 Å². The van der Waals surface area contributed by atoms with Crippen LogP contribution in [0.5, 0.6) is 5.75 Å². The van der Waals surface area contributed by atoms with Gasteiger partial charge in [0, 0.05) is 25.6 Å². The zero-order valence-electron chi connectivity index (χ0n) is 24.2. The van der Waals surface area contributed by atoms with Crippen LogP contribution in [0.4, 0.5) is 22.0 Å². The Morgan fingerprint density at radius 2 is 1.60 bits per heavy atom. The molecule has 45 heavy (non-hydrogen) atoms. The molecule has 2 unspecified atom stereocenters. The van der Waals surface area contributed by atoms with Gasteiger partial charge in [0.15, 0.2) is 29.3 Å². The van der Waals surface area contributed by atoms with Gasteiger partial charge >= 0.3 is 5.97 Å². The first kappa shape index (κ1) is 33.6. The number of hydrogen-bond acceptors (Lipinski definition) is 8. The SMILES string of the molecule is C[C@H]1OC(=O)C(C2CCO2)N(C)C(=O)[C@H](C)[C@H](O)[C@H](Cc2c(F)c(F)c(F)c(F)c2F)NC(=O)[C@H]1NC(=O)c1ccccc1O. The Kier molecular flexibility index (Phi) is 9.97. The third kappa shape index (κ3) is 6.56. The van der Waals surface area contributed by atoms with Gasteiger partial charge in [0.1, 0.15) is 17.9 Å². The molecule has 0 aliphatic carbocycles. The van der Waals surface area contributed by atoms with Gasteiger partial charge in [-0.05, 0) is 25.5 Å². The molecule has 2 aromatic carbocycles. The number of nitrogens with zero attached hydrogens (tertiary/aromatic N) is 1. The van der Waals surface area contributed by atoms with Crippen LogP contribution in [0.15, 0.2) is 24.3 Å². The summed E-state index contributed by atoms with van der Waals surface area (Å²) in [6.07, 6.45) is -5.23. The molecular formula is C29H30F5N3O8. The summed E-state index contributed by atoms with van der Waals surface area (Å²) in [7, 11) is 1.21. The Morgan fingerprint density at radius 3 is 2.16 bits per heavy atom. The molecule has 0 radical (unpaired) electrons. The van der Waals surface area contributed by atoms with E-state index in [1.807, 2.05) is 0 Å². The number of aromatic hydroxyl groups is 1. The van der Waals surface area contributed by atoms with E-state index < -0.39 is 113 Å². The first-order chi connectivity index (χ1) is 21.1. The zero-order chi connectivity index (χ0) is 33.3. The van der Waals surface area contributed by atoms with Gasteiger partial charge in [0.2, 0.25) is 17.6 Å². The zero-order valence-corrected chi connectivity index (χ0v) is 24.2. The van der Waals surface area contributed by atoms with E-state index >= 15 is 0 Å². The Hall–Kier alpha value is -4.31. The van der Waals surface area contributed by atoms with E-state index in [4.69, 9.17) is 9.47 Å². The number of esters is 1. The topological polar surface area (TPSA) is 154 Å². The normalized spacial score (nSPS) is 27.9. The van der Waals surface area contributed by atoms with E-state index in [9.17, 15) is 51.3 Å². The van der Waals surface area contributed by atoms with Crippen molar-refractivity contribution in [3.05, 3.63) is 64.5 Å². The van der Waals surface area contributed by atoms with Gasteiger partial charge in [0.25, 0.3) is 5.91 Å². The predicted octanol–water partition coefficient (Wildman–Crippen LogP) is 1.47. The van der Waals surface area contributed by atoms with E-state index in [0.717, 1.165) is 11.8 Å². The Bertz CT molecular complexity index is 1480. The number of para-hydroxylation sites is 1. The molecule has 4 rings (SSSR count). The molecule has 0 aromatic heterocycles. The highest BCUT2D eigenvalue weighted by molar-refractivity contribution is 6.00. The molecule has 0 spiro atoms.